The summed E-state index contributed by atoms with van der Waals surface area (Å²) < 4.78 is 7.00. The zero-order valence-electron chi connectivity index (χ0n) is 16.2. The molecule has 1 saturated heterocycles. The van der Waals surface area contributed by atoms with Crippen molar-refractivity contribution in [3.8, 4) is 0 Å². The van der Waals surface area contributed by atoms with E-state index in [1.165, 1.54) is 0 Å². The van der Waals surface area contributed by atoms with E-state index in [1.807, 2.05) is 4.68 Å². The molecule has 2 aromatic rings. The predicted octanol–water partition coefficient (Wildman–Crippen LogP) is 2.92. The van der Waals surface area contributed by atoms with Gasteiger partial charge in [0.15, 0.2) is 6.61 Å². The second-order valence-corrected chi connectivity index (χ2v) is 7.42. The zero-order valence-corrected chi connectivity index (χ0v) is 16.2. The van der Waals surface area contributed by atoms with Crippen molar-refractivity contribution >= 4 is 29.3 Å². The fourth-order valence-corrected chi connectivity index (χ4v) is 3.97. The SMILES string of the molecule is O=C(COC(=O)c1cccc(N2CCCC2=O)c1)Nc1ccnn1C1CCCC1. The van der Waals surface area contributed by atoms with Crippen molar-refractivity contribution < 1.29 is 19.1 Å². The molecule has 0 radical (unpaired) electrons. The summed E-state index contributed by atoms with van der Waals surface area (Å²) in [7, 11) is 0. The molecule has 2 fully saturated rings. The Bertz CT molecular complexity index is 917. The topological polar surface area (TPSA) is 93.5 Å². The average Bonchev–Trinajstić information content (AvgIpc) is 3.48. The lowest BCUT2D eigenvalue weighted by Gasteiger charge is -2.16. The summed E-state index contributed by atoms with van der Waals surface area (Å²) in [4.78, 5) is 38.2. The van der Waals surface area contributed by atoms with Crippen LogP contribution in [-0.4, -0.2) is 40.7 Å². The van der Waals surface area contributed by atoms with E-state index in [9.17, 15) is 14.4 Å². The molecule has 2 heterocycles. The van der Waals surface area contributed by atoms with Gasteiger partial charge in [-0.15, -0.1) is 0 Å². The summed E-state index contributed by atoms with van der Waals surface area (Å²) in [6.45, 7) is 0.260. The van der Waals surface area contributed by atoms with Gasteiger partial charge in [-0.25, -0.2) is 9.48 Å². The Morgan fingerprint density at radius 1 is 1.17 bits per heavy atom. The van der Waals surface area contributed by atoms with Crippen LogP contribution in [-0.2, 0) is 14.3 Å². The highest BCUT2D eigenvalue weighted by Crippen LogP contribution is 2.31. The van der Waals surface area contributed by atoms with Crippen LogP contribution in [0, 0.1) is 0 Å². The van der Waals surface area contributed by atoms with E-state index in [1.54, 1.807) is 41.4 Å². The number of aromatic nitrogens is 2. The quantitative estimate of drug-likeness (QED) is 0.758. The summed E-state index contributed by atoms with van der Waals surface area (Å²) in [5.41, 5.74) is 0.984. The van der Waals surface area contributed by atoms with Crippen LogP contribution in [0.2, 0.25) is 0 Å². The second kappa shape index (κ2) is 8.46. The van der Waals surface area contributed by atoms with Crippen LogP contribution in [0.5, 0.6) is 0 Å². The van der Waals surface area contributed by atoms with Gasteiger partial charge >= 0.3 is 5.97 Å². The van der Waals surface area contributed by atoms with Crippen molar-refractivity contribution in [2.45, 2.75) is 44.6 Å². The van der Waals surface area contributed by atoms with Gasteiger partial charge in [0, 0.05) is 24.7 Å². The molecule has 8 heteroatoms. The summed E-state index contributed by atoms with van der Waals surface area (Å²) in [5.74, 6) is -0.344. The fourth-order valence-electron chi connectivity index (χ4n) is 3.97. The highest BCUT2D eigenvalue weighted by molar-refractivity contribution is 5.98. The first-order valence-corrected chi connectivity index (χ1v) is 10.0. The molecule has 152 valence electrons. The number of esters is 1. The molecule has 1 aromatic heterocycles. The first kappa shape index (κ1) is 19.2. The van der Waals surface area contributed by atoms with E-state index >= 15 is 0 Å². The van der Waals surface area contributed by atoms with Crippen molar-refractivity contribution in [2.24, 2.45) is 0 Å². The molecule has 1 aromatic carbocycles. The summed E-state index contributed by atoms with van der Waals surface area (Å²) >= 11 is 0. The van der Waals surface area contributed by atoms with Gasteiger partial charge in [-0.3, -0.25) is 9.59 Å². The molecular weight excluding hydrogens is 372 g/mol. The Labute approximate surface area is 168 Å². The lowest BCUT2D eigenvalue weighted by atomic mass is 10.2. The maximum absolute atomic E-state index is 12.4. The Balaban J connectivity index is 1.33. The number of nitrogens with zero attached hydrogens (tertiary/aromatic N) is 3. The number of hydrogen-bond acceptors (Lipinski definition) is 5. The number of anilines is 2. The van der Waals surface area contributed by atoms with Gasteiger partial charge in [0.2, 0.25) is 5.91 Å². The Hall–Kier alpha value is -3.16. The number of rotatable bonds is 6. The Kier molecular flexibility index (Phi) is 5.59. The number of ether oxygens (including phenoxy) is 1. The third kappa shape index (κ3) is 4.31. The number of nitrogens with one attached hydrogen (secondary N) is 1. The van der Waals surface area contributed by atoms with Gasteiger partial charge in [-0.05, 0) is 37.5 Å². The van der Waals surface area contributed by atoms with E-state index in [0.717, 1.165) is 32.1 Å². The summed E-state index contributed by atoms with van der Waals surface area (Å²) in [6, 6.07) is 8.78. The highest BCUT2D eigenvalue weighted by Gasteiger charge is 2.23. The van der Waals surface area contributed by atoms with E-state index in [0.29, 0.717) is 36.1 Å². The Morgan fingerprint density at radius 3 is 2.76 bits per heavy atom. The van der Waals surface area contributed by atoms with Gasteiger partial charge in [-0.1, -0.05) is 18.9 Å². The maximum atomic E-state index is 12.4. The average molecular weight is 396 g/mol. The van der Waals surface area contributed by atoms with E-state index < -0.39 is 11.9 Å². The number of carbonyl (C=O) groups excluding carboxylic acids is 3. The van der Waals surface area contributed by atoms with E-state index in [-0.39, 0.29) is 12.5 Å². The van der Waals surface area contributed by atoms with Crippen molar-refractivity contribution in [1.29, 1.82) is 0 Å². The molecule has 0 bridgehead atoms. The number of benzene rings is 1. The van der Waals surface area contributed by atoms with Crippen LogP contribution in [0.1, 0.15) is 54.9 Å². The smallest absolute Gasteiger partial charge is 0.338 e. The largest absolute Gasteiger partial charge is 0.452 e. The molecule has 0 spiro atoms. The molecule has 2 amide bonds. The molecule has 1 aliphatic carbocycles. The lowest BCUT2D eigenvalue weighted by Crippen LogP contribution is -2.25. The zero-order chi connectivity index (χ0) is 20.2. The van der Waals surface area contributed by atoms with Crippen LogP contribution in [0.3, 0.4) is 0 Å². The maximum Gasteiger partial charge on any atom is 0.338 e. The van der Waals surface area contributed by atoms with Gasteiger partial charge in [0.1, 0.15) is 5.82 Å². The third-order valence-electron chi connectivity index (χ3n) is 5.41. The number of hydrogen-bond donors (Lipinski definition) is 1. The first-order valence-electron chi connectivity index (χ1n) is 10.0. The van der Waals surface area contributed by atoms with E-state index in [4.69, 9.17) is 4.74 Å². The van der Waals surface area contributed by atoms with Crippen LogP contribution in [0.4, 0.5) is 11.5 Å². The molecular formula is C21H24N4O4. The summed E-state index contributed by atoms with van der Waals surface area (Å²) in [6.07, 6.45) is 7.42. The van der Waals surface area contributed by atoms with Gasteiger partial charge in [0.25, 0.3) is 5.91 Å². The highest BCUT2D eigenvalue weighted by atomic mass is 16.5. The molecule has 0 unspecified atom stereocenters. The van der Waals surface area contributed by atoms with Crippen molar-refractivity contribution in [2.75, 3.05) is 23.4 Å². The van der Waals surface area contributed by atoms with E-state index in [2.05, 4.69) is 10.4 Å². The third-order valence-corrected chi connectivity index (χ3v) is 5.41. The standard InChI is InChI=1S/C21H24N4O4/c26-19(23-18-10-11-22-25(18)16-6-1-2-7-16)14-29-21(28)15-5-3-8-17(13-15)24-12-4-9-20(24)27/h3,5,8,10-11,13,16H,1-2,4,6-7,9,12,14H2,(H,23,26). The second-order valence-electron chi connectivity index (χ2n) is 7.42. The van der Waals surface area contributed by atoms with Crippen molar-refractivity contribution in [3.63, 3.8) is 0 Å². The van der Waals surface area contributed by atoms with Gasteiger partial charge < -0.3 is 15.0 Å². The molecule has 2 aliphatic rings. The van der Waals surface area contributed by atoms with Crippen LogP contribution in [0.15, 0.2) is 36.5 Å². The number of carbonyl (C=O) groups is 3. The van der Waals surface area contributed by atoms with Crippen LogP contribution >= 0.6 is 0 Å². The molecule has 29 heavy (non-hydrogen) atoms. The summed E-state index contributed by atoms with van der Waals surface area (Å²) in [5, 5.41) is 7.08. The predicted molar refractivity (Wildman–Crippen MR) is 107 cm³/mol. The molecule has 1 aliphatic heterocycles. The van der Waals surface area contributed by atoms with Crippen LogP contribution < -0.4 is 10.2 Å². The Morgan fingerprint density at radius 2 is 2.00 bits per heavy atom. The number of amides is 2. The molecule has 1 saturated carbocycles. The van der Waals surface area contributed by atoms with Crippen molar-refractivity contribution in [3.05, 3.63) is 42.1 Å². The molecule has 0 atom stereocenters. The monoisotopic (exact) mass is 396 g/mol. The lowest BCUT2D eigenvalue weighted by molar-refractivity contribution is -0.119. The van der Waals surface area contributed by atoms with Gasteiger partial charge in [0.05, 0.1) is 17.8 Å². The van der Waals surface area contributed by atoms with Crippen molar-refractivity contribution in [1.82, 2.24) is 9.78 Å². The molecule has 4 rings (SSSR count). The van der Waals surface area contributed by atoms with Crippen LogP contribution in [0.25, 0.3) is 0 Å². The fraction of sp³-hybridized carbons (Fsp3) is 0.429. The first-order chi connectivity index (χ1) is 14.1. The minimum absolute atomic E-state index is 0.0498. The van der Waals surface area contributed by atoms with Gasteiger partial charge in [-0.2, -0.15) is 5.10 Å². The minimum Gasteiger partial charge on any atom is -0.452 e. The molecule has 8 nitrogen and oxygen atoms in total. The minimum atomic E-state index is -0.599. The molecule has 1 N–H and O–H groups in total. The normalized spacial score (nSPS) is 17.0.